The lowest BCUT2D eigenvalue weighted by molar-refractivity contribution is 0.622. The van der Waals surface area contributed by atoms with Gasteiger partial charge in [0.2, 0.25) is 0 Å². The molecule has 5 nitrogen and oxygen atoms in total. The number of nitrogens with zero attached hydrogens (tertiary/aromatic N) is 3. The van der Waals surface area contributed by atoms with Crippen LogP contribution < -0.4 is 16.0 Å². The number of pyridine rings is 1. The monoisotopic (exact) mass is 377 g/mol. The molecule has 0 atom stereocenters. The fourth-order valence-corrected chi connectivity index (χ4v) is 1.49. The van der Waals surface area contributed by atoms with E-state index in [0.717, 1.165) is 17.9 Å². The smallest absolute Gasteiger partial charge is 0.188 e. The molecule has 0 radical (unpaired) electrons. The molecule has 6 heteroatoms. The summed E-state index contributed by atoms with van der Waals surface area (Å²) in [4.78, 5) is 10.6. The first-order chi connectivity index (χ1) is 8.50. The minimum absolute atomic E-state index is 0. The fraction of sp³-hybridized carbons (Fsp3) is 0.538. The maximum atomic E-state index is 5.80. The van der Waals surface area contributed by atoms with Crippen molar-refractivity contribution in [3.05, 3.63) is 23.9 Å². The number of hydrogen-bond acceptors (Lipinski definition) is 3. The maximum Gasteiger partial charge on any atom is 0.188 e. The third-order valence-electron chi connectivity index (χ3n) is 2.40. The summed E-state index contributed by atoms with van der Waals surface area (Å²) in [7, 11) is 3.94. The minimum Gasteiger partial charge on any atom is -0.370 e. The molecule has 0 fully saturated rings. The second kappa shape index (κ2) is 8.95. The lowest BCUT2D eigenvalue weighted by Crippen LogP contribution is -2.34. The molecule has 0 unspecified atom stereocenters. The summed E-state index contributed by atoms with van der Waals surface area (Å²) < 4.78 is 0. The van der Waals surface area contributed by atoms with Crippen molar-refractivity contribution >= 4 is 35.8 Å². The predicted molar refractivity (Wildman–Crippen MR) is 92.1 cm³/mol. The molecule has 0 aliphatic rings. The number of rotatable bonds is 5. The molecule has 19 heavy (non-hydrogen) atoms. The largest absolute Gasteiger partial charge is 0.370 e. The Morgan fingerprint density at radius 1 is 1.47 bits per heavy atom. The van der Waals surface area contributed by atoms with E-state index in [1.807, 2.05) is 31.1 Å². The molecule has 0 aliphatic heterocycles. The van der Waals surface area contributed by atoms with E-state index in [2.05, 4.69) is 29.1 Å². The summed E-state index contributed by atoms with van der Waals surface area (Å²) in [5, 5.41) is 3.09. The molecular weight excluding hydrogens is 353 g/mol. The van der Waals surface area contributed by atoms with Gasteiger partial charge >= 0.3 is 0 Å². The van der Waals surface area contributed by atoms with Crippen LogP contribution in [-0.4, -0.2) is 31.6 Å². The third kappa shape index (κ3) is 6.60. The van der Waals surface area contributed by atoms with E-state index in [0.29, 0.717) is 18.4 Å². The summed E-state index contributed by atoms with van der Waals surface area (Å²) in [5.74, 6) is 1.96. The third-order valence-corrected chi connectivity index (χ3v) is 2.40. The Balaban J connectivity index is 0.00000324. The van der Waals surface area contributed by atoms with Gasteiger partial charge in [0.15, 0.2) is 5.96 Å². The van der Waals surface area contributed by atoms with E-state index in [-0.39, 0.29) is 24.0 Å². The summed E-state index contributed by atoms with van der Waals surface area (Å²) in [6, 6.07) is 3.93. The van der Waals surface area contributed by atoms with Gasteiger partial charge in [-0.1, -0.05) is 19.9 Å². The second-order valence-electron chi connectivity index (χ2n) is 4.86. The average molecular weight is 377 g/mol. The van der Waals surface area contributed by atoms with Gasteiger partial charge in [-0.05, 0) is 12.0 Å². The number of nitrogens with one attached hydrogen (secondary N) is 1. The van der Waals surface area contributed by atoms with Crippen LogP contribution in [0.5, 0.6) is 0 Å². The lowest BCUT2D eigenvalue weighted by atomic mass is 10.2. The van der Waals surface area contributed by atoms with Crippen molar-refractivity contribution < 1.29 is 0 Å². The zero-order chi connectivity index (χ0) is 13.5. The molecule has 1 heterocycles. The van der Waals surface area contributed by atoms with E-state index in [1.54, 1.807) is 6.20 Å². The number of guanidine groups is 1. The Morgan fingerprint density at radius 3 is 2.74 bits per heavy atom. The van der Waals surface area contributed by atoms with Gasteiger partial charge in [0.25, 0.3) is 0 Å². The van der Waals surface area contributed by atoms with Gasteiger partial charge in [0.05, 0.1) is 6.54 Å². The molecule has 0 aliphatic carbocycles. The second-order valence-corrected chi connectivity index (χ2v) is 4.86. The summed E-state index contributed by atoms with van der Waals surface area (Å²) in [6.45, 7) is 5.64. The van der Waals surface area contributed by atoms with Crippen molar-refractivity contribution in [1.82, 2.24) is 10.3 Å². The van der Waals surface area contributed by atoms with E-state index >= 15 is 0 Å². The number of hydrogen-bond donors (Lipinski definition) is 2. The van der Waals surface area contributed by atoms with Crippen LogP contribution in [0.4, 0.5) is 5.82 Å². The maximum absolute atomic E-state index is 5.80. The highest BCUT2D eigenvalue weighted by Gasteiger charge is 2.04. The lowest BCUT2D eigenvalue weighted by Gasteiger charge is -2.15. The van der Waals surface area contributed by atoms with E-state index < -0.39 is 0 Å². The zero-order valence-corrected chi connectivity index (χ0v) is 14.4. The van der Waals surface area contributed by atoms with Crippen LogP contribution in [0.1, 0.15) is 19.4 Å². The van der Waals surface area contributed by atoms with Crippen molar-refractivity contribution in [2.45, 2.75) is 20.4 Å². The predicted octanol–water partition coefficient (Wildman–Crippen LogP) is 1.83. The van der Waals surface area contributed by atoms with Gasteiger partial charge in [-0.25, -0.2) is 9.98 Å². The number of aliphatic imine (C=N–C) groups is 1. The molecule has 1 aromatic heterocycles. The normalized spacial score (nSPS) is 11.1. The minimum atomic E-state index is 0. The molecule has 108 valence electrons. The van der Waals surface area contributed by atoms with Crippen molar-refractivity contribution in [2.75, 3.05) is 25.5 Å². The van der Waals surface area contributed by atoms with Crippen molar-refractivity contribution in [3.8, 4) is 0 Å². The molecule has 0 bridgehead atoms. The fourth-order valence-electron chi connectivity index (χ4n) is 1.49. The molecule has 3 N–H and O–H groups in total. The van der Waals surface area contributed by atoms with Crippen LogP contribution >= 0.6 is 24.0 Å². The van der Waals surface area contributed by atoms with Gasteiger partial charge < -0.3 is 16.0 Å². The molecule has 0 saturated carbocycles. The van der Waals surface area contributed by atoms with Crippen LogP contribution in [0.2, 0.25) is 0 Å². The van der Waals surface area contributed by atoms with Crippen LogP contribution in [-0.2, 0) is 6.54 Å². The van der Waals surface area contributed by atoms with Gasteiger partial charge in [-0.15, -0.1) is 24.0 Å². The van der Waals surface area contributed by atoms with Gasteiger partial charge in [-0.3, -0.25) is 0 Å². The Bertz CT molecular complexity index is 404. The Labute approximate surface area is 132 Å². The first-order valence-electron chi connectivity index (χ1n) is 6.15. The molecule has 0 amide bonds. The van der Waals surface area contributed by atoms with Crippen LogP contribution in [0.3, 0.4) is 0 Å². The number of aromatic nitrogens is 1. The highest BCUT2D eigenvalue weighted by atomic mass is 127. The van der Waals surface area contributed by atoms with Crippen LogP contribution in [0.25, 0.3) is 0 Å². The summed E-state index contributed by atoms with van der Waals surface area (Å²) >= 11 is 0. The number of anilines is 1. The summed E-state index contributed by atoms with van der Waals surface area (Å²) in [6.07, 6.45) is 1.78. The molecular formula is C13H24IN5. The first kappa shape index (κ1) is 17.9. The first-order valence-corrected chi connectivity index (χ1v) is 6.15. The highest BCUT2D eigenvalue weighted by Crippen LogP contribution is 2.14. The Morgan fingerprint density at radius 2 is 2.16 bits per heavy atom. The van der Waals surface area contributed by atoms with Crippen LogP contribution in [0.15, 0.2) is 23.3 Å². The van der Waals surface area contributed by atoms with Crippen molar-refractivity contribution in [3.63, 3.8) is 0 Å². The summed E-state index contributed by atoms with van der Waals surface area (Å²) in [5.41, 5.74) is 6.87. The standard InChI is InChI=1S/C13H23N5.HI/c1-10(2)8-16-13(14)17-9-11-6-5-7-15-12(11)18(3)4;/h5-7,10H,8-9H2,1-4H3,(H3,14,16,17);1H. The average Bonchev–Trinajstić information content (AvgIpc) is 2.34. The van der Waals surface area contributed by atoms with Crippen LogP contribution in [0, 0.1) is 5.92 Å². The van der Waals surface area contributed by atoms with Gasteiger partial charge in [-0.2, -0.15) is 0 Å². The van der Waals surface area contributed by atoms with Crippen molar-refractivity contribution in [1.29, 1.82) is 0 Å². The zero-order valence-electron chi connectivity index (χ0n) is 12.1. The van der Waals surface area contributed by atoms with Gasteiger partial charge in [0.1, 0.15) is 5.82 Å². The molecule has 0 aromatic carbocycles. The molecule has 0 saturated heterocycles. The van der Waals surface area contributed by atoms with E-state index in [4.69, 9.17) is 5.73 Å². The number of nitrogens with two attached hydrogens (primary N) is 1. The van der Waals surface area contributed by atoms with Gasteiger partial charge in [0, 0.05) is 32.4 Å². The topological polar surface area (TPSA) is 66.5 Å². The SMILES string of the molecule is CC(C)CNC(N)=NCc1cccnc1N(C)C.I. The molecule has 1 rings (SSSR count). The number of halogens is 1. The Kier molecular flexibility index (Phi) is 8.46. The Hall–Kier alpha value is -1.05. The van der Waals surface area contributed by atoms with Crippen molar-refractivity contribution in [2.24, 2.45) is 16.6 Å². The van der Waals surface area contributed by atoms with E-state index in [9.17, 15) is 0 Å². The molecule has 1 aromatic rings. The highest BCUT2D eigenvalue weighted by molar-refractivity contribution is 14.0. The quantitative estimate of drug-likeness (QED) is 0.467. The molecule has 0 spiro atoms. The van der Waals surface area contributed by atoms with E-state index in [1.165, 1.54) is 0 Å².